The largest absolute Gasteiger partial charge is 0.352 e. The number of hydrogen-bond acceptors (Lipinski definition) is 6. The normalized spacial score (nSPS) is 12.4. The van der Waals surface area contributed by atoms with Crippen LogP contribution >= 0.6 is 0 Å². The van der Waals surface area contributed by atoms with Crippen molar-refractivity contribution < 1.29 is 9.32 Å². The van der Waals surface area contributed by atoms with E-state index in [1.807, 2.05) is 31.8 Å². The number of aryl methyl sites for hydroxylation is 4. The number of carbonyl (C=O) groups excluding carboxylic acids is 1. The van der Waals surface area contributed by atoms with Gasteiger partial charge in [0, 0.05) is 31.0 Å². The molecule has 0 saturated heterocycles. The van der Waals surface area contributed by atoms with Gasteiger partial charge in [-0.05, 0) is 46.2 Å². The predicted octanol–water partition coefficient (Wildman–Crippen LogP) is 3.13. The molecule has 30 heavy (non-hydrogen) atoms. The summed E-state index contributed by atoms with van der Waals surface area (Å²) >= 11 is 0. The van der Waals surface area contributed by atoms with Crippen molar-refractivity contribution >= 4 is 17.0 Å². The molecule has 0 aliphatic heterocycles. The van der Waals surface area contributed by atoms with Gasteiger partial charge in [0.25, 0.3) is 11.6 Å². The Hall–Kier alpha value is -3.49. The Morgan fingerprint density at radius 3 is 2.73 bits per heavy atom. The Labute approximate surface area is 174 Å². The highest BCUT2D eigenvalue weighted by molar-refractivity contribution is 6.06. The second kappa shape index (κ2) is 7.74. The van der Waals surface area contributed by atoms with Crippen molar-refractivity contribution in [3.63, 3.8) is 0 Å². The number of fused-ring (bicyclic) bond motifs is 1. The van der Waals surface area contributed by atoms with Gasteiger partial charge in [0.2, 0.25) is 0 Å². The summed E-state index contributed by atoms with van der Waals surface area (Å²) in [6, 6.07) is 4.00. The first kappa shape index (κ1) is 19.8. The highest BCUT2D eigenvalue weighted by Crippen LogP contribution is 2.26. The molecule has 1 N–H and O–H groups in total. The maximum atomic E-state index is 13.0. The molecule has 0 fully saturated rings. The Morgan fingerprint density at radius 2 is 2.07 bits per heavy atom. The van der Waals surface area contributed by atoms with Crippen LogP contribution in [0.2, 0.25) is 0 Å². The third-order valence-corrected chi connectivity index (χ3v) is 5.17. The molecular formula is C21H25N7O2. The van der Waals surface area contributed by atoms with E-state index in [9.17, 15) is 4.79 Å². The van der Waals surface area contributed by atoms with Crippen LogP contribution in [0.1, 0.15) is 46.8 Å². The molecule has 0 spiro atoms. The van der Waals surface area contributed by atoms with E-state index in [2.05, 4.69) is 38.6 Å². The molecule has 4 aromatic rings. The van der Waals surface area contributed by atoms with Crippen LogP contribution < -0.4 is 5.32 Å². The average Bonchev–Trinajstić information content (AvgIpc) is 3.39. The molecule has 4 aromatic heterocycles. The van der Waals surface area contributed by atoms with E-state index >= 15 is 0 Å². The van der Waals surface area contributed by atoms with Crippen molar-refractivity contribution in [3.05, 3.63) is 47.2 Å². The molecule has 0 saturated carbocycles. The lowest BCUT2D eigenvalue weighted by Gasteiger charge is -2.15. The number of pyridine rings is 1. The minimum atomic E-state index is -0.181. The average molecular weight is 407 g/mol. The van der Waals surface area contributed by atoms with Gasteiger partial charge in [-0.25, -0.2) is 4.98 Å². The fourth-order valence-electron chi connectivity index (χ4n) is 3.68. The zero-order valence-electron chi connectivity index (χ0n) is 17.8. The quantitative estimate of drug-likeness (QED) is 0.527. The summed E-state index contributed by atoms with van der Waals surface area (Å²) in [6.07, 6.45) is 4.31. The van der Waals surface area contributed by atoms with Crippen molar-refractivity contribution in [1.82, 2.24) is 35.0 Å². The van der Waals surface area contributed by atoms with Gasteiger partial charge in [-0.3, -0.25) is 14.2 Å². The molecule has 0 bridgehead atoms. The maximum Gasteiger partial charge on any atom is 0.259 e. The predicted molar refractivity (Wildman–Crippen MR) is 112 cm³/mol. The van der Waals surface area contributed by atoms with E-state index in [1.165, 1.54) is 0 Å². The molecular weight excluding hydrogens is 382 g/mol. The number of rotatable bonds is 6. The monoisotopic (exact) mass is 407 g/mol. The third-order valence-electron chi connectivity index (χ3n) is 5.17. The van der Waals surface area contributed by atoms with E-state index in [4.69, 9.17) is 4.52 Å². The Bertz CT molecular complexity index is 1220. The van der Waals surface area contributed by atoms with Crippen LogP contribution in [0.4, 0.5) is 0 Å². The van der Waals surface area contributed by atoms with Gasteiger partial charge in [-0.15, -0.1) is 0 Å². The minimum absolute atomic E-state index is 0.180. The zero-order chi connectivity index (χ0) is 21.4. The summed E-state index contributed by atoms with van der Waals surface area (Å²) < 4.78 is 9.03. The molecule has 0 radical (unpaired) electrons. The van der Waals surface area contributed by atoms with Gasteiger partial charge >= 0.3 is 0 Å². The lowest BCUT2D eigenvalue weighted by atomic mass is 10.1. The van der Waals surface area contributed by atoms with Gasteiger partial charge in [0.15, 0.2) is 0 Å². The molecule has 4 heterocycles. The van der Waals surface area contributed by atoms with Crippen LogP contribution in [0.15, 0.2) is 29.0 Å². The molecule has 156 valence electrons. The van der Waals surface area contributed by atoms with E-state index in [0.29, 0.717) is 34.6 Å². The van der Waals surface area contributed by atoms with Gasteiger partial charge in [0.1, 0.15) is 0 Å². The third kappa shape index (κ3) is 3.70. The van der Waals surface area contributed by atoms with Gasteiger partial charge in [0.05, 0.1) is 40.3 Å². The first-order valence-electron chi connectivity index (χ1n) is 9.90. The topological polar surface area (TPSA) is 104 Å². The Kier molecular flexibility index (Phi) is 5.11. The first-order valence-corrected chi connectivity index (χ1v) is 9.90. The summed E-state index contributed by atoms with van der Waals surface area (Å²) in [6.45, 7) is 8.44. The Balaban J connectivity index is 1.55. The number of aromatic nitrogens is 6. The highest BCUT2D eigenvalue weighted by Gasteiger charge is 2.20. The van der Waals surface area contributed by atoms with Gasteiger partial charge in [-0.1, -0.05) is 5.16 Å². The van der Waals surface area contributed by atoms with Crippen LogP contribution in [-0.2, 0) is 7.05 Å². The Morgan fingerprint density at radius 1 is 1.27 bits per heavy atom. The summed E-state index contributed by atoms with van der Waals surface area (Å²) in [5.74, 6) is -0.181. The zero-order valence-corrected chi connectivity index (χ0v) is 17.8. The SMILES string of the molecule is Cc1cc(C)n([C@H](C)CCNC(=O)c2cc(-c3cnn(C)c3)nc3onc(C)c23)n1. The second-order valence-electron chi connectivity index (χ2n) is 7.67. The van der Waals surface area contributed by atoms with E-state index in [1.54, 1.807) is 23.9 Å². The molecule has 0 aliphatic carbocycles. The number of amides is 1. The van der Waals surface area contributed by atoms with Crippen molar-refractivity contribution in [3.8, 4) is 11.3 Å². The number of nitrogens with one attached hydrogen (secondary N) is 1. The van der Waals surface area contributed by atoms with E-state index in [-0.39, 0.29) is 11.9 Å². The summed E-state index contributed by atoms with van der Waals surface area (Å²) in [7, 11) is 1.83. The smallest absolute Gasteiger partial charge is 0.259 e. The molecule has 4 rings (SSSR count). The van der Waals surface area contributed by atoms with Crippen LogP contribution in [0.3, 0.4) is 0 Å². The lowest BCUT2D eigenvalue weighted by molar-refractivity contribution is 0.0953. The standard InChI is InChI=1S/C21H25N7O2/c1-12-8-14(3)28(25-12)13(2)6-7-22-20(29)17-9-18(16-10-23-27(5)11-16)24-21-19(17)15(4)26-30-21/h8-11,13H,6-7H2,1-5H3,(H,22,29)/t13-/m1/s1. The maximum absolute atomic E-state index is 13.0. The lowest BCUT2D eigenvalue weighted by Crippen LogP contribution is -2.27. The molecule has 0 aliphatic rings. The molecule has 1 amide bonds. The molecule has 1 atom stereocenters. The van der Waals surface area contributed by atoms with Crippen LogP contribution in [0, 0.1) is 20.8 Å². The fraction of sp³-hybridized carbons (Fsp3) is 0.381. The first-order chi connectivity index (χ1) is 14.3. The van der Waals surface area contributed by atoms with E-state index < -0.39 is 0 Å². The summed E-state index contributed by atoms with van der Waals surface area (Å²) in [5.41, 5.74) is 5.01. The van der Waals surface area contributed by atoms with Crippen molar-refractivity contribution in [2.75, 3.05) is 6.54 Å². The van der Waals surface area contributed by atoms with Gasteiger partial charge < -0.3 is 9.84 Å². The summed E-state index contributed by atoms with van der Waals surface area (Å²) in [4.78, 5) is 17.5. The van der Waals surface area contributed by atoms with E-state index in [0.717, 1.165) is 23.4 Å². The number of carbonyl (C=O) groups is 1. The van der Waals surface area contributed by atoms with Gasteiger partial charge in [-0.2, -0.15) is 10.2 Å². The second-order valence-corrected chi connectivity index (χ2v) is 7.67. The molecule has 9 nitrogen and oxygen atoms in total. The molecule has 9 heteroatoms. The number of hydrogen-bond donors (Lipinski definition) is 1. The highest BCUT2D eigenvalue weighted by atomic mass is 16.5. The fourth-order valence-corrected chi connectivity index (χ4v) is 3.68. The van der Waals surface area contributed by atoms with Crippen molar-refractivity contribution in [2.24, 2.45) is 7.05 Å². The minimum Gasteiger partial charge on any atom is -0.352 e. The number of nitrogens with zero attached hydrogens (tertiary/aromatic N) is 6. The molecule has 0 unspecified atom stereocenters. The molecule has 0 aromatic carbocycles. The van der Waals surface area contributed by atoms with Crippen LogP contribution in [0.25, 0.3) is 22.4 Å². The van der Waals surface area contributed by atoms with Crippen molar-refractivity contribution in [1.29, 1.82) is 0 Å². The van der Waals surface area contributed by atoms with Crippen LogP contribution in [-0.4, -0.2) is 42.2 Å². The summed E-state index contributed by atoms with van der Waals surface area (Å²) in [5, 5.41) is 16.3. The van der Waals surface area contributed by atoms with Crippen LogP contribution in [0.5, 0.6) is 0 Å². The van der Waals surface area contributed by atoms with Crippen molar-refractivity contribution in [2.45, 2.75) is 40.2 Å².